The van der Waals surface area contributed by atoms with Gasteiger partial charge in [0.1, 0.15) is 12.4 Å². The van der Waals surface area contributed by atoms with Crippen LogP contribution in [0.25, 0.3) is 0 Å². The molecule has 2 rings (SSSR count). The number of guanidine groups is 1. The quantitative estimate of drug-likeness (QED) is 0.323. The Labute approximate surface area is 155 Å². The van der Waals surface area contributed by atoms with Crippen molar-refractivity contribution in [3.05, 3.63) is 65.7 Å². The molecule has 0 saturated carbocycles. The molecule has 2 aromatic carbocycles. The van der Waals surface area contributed by atoms with Crippen LogP contribution in [0.3, 0.4) is 0 Å². The van der Waals surface area contributed by atoms with Crippen LogP contribution in [-0.4, -0.2) is 26.2 Å². The Morgan fingerprint density at radius 1 is 1.00 bits per heavy atom. The van der Waals surface area contributed by atoms with Gasteiger partial charge in [-0.15, -0.1) is 24.0 Å². The highest BCUT2D eigenvalue weighted by Gasteiger charge is 1.99. The fourth-order valence-corrected chi connectivity index (χ4v) is 2.05. The number of aliphatic imine (C=N–C) groups is 1. The van der Waals surface area contributed by atoms with E-state index in [2.05, 4.69) is 27.8 Å². The summed E-state index contributed by atoms with van der Waals surface area (Å²) in [5, 5.41) is 6.52. The first-order valence-corrected chi connectivity index (χ1v) is 7.46. The van der Waals surface area contributed by atoms with Crippen LogP contribution in [0.4, 0.5) is 0 Å². The molecule has 2 N–H and O–H groups in total. The summed E-state index contributed by atoms with van der Waals surface area (Å²) in [6.45, 7) is 4.09. The van der Waals surface area contributed by atoms with Crippen LogP contribution in [0.15, 0.2) is 59.6 Å². The summed E-state index contributed by atoms with van der Waals surface area (Å²) >= 11 is 0. The van der Waals surface area contributed by atoms with E-state index in [-0.39, 0.29) is 24.0 Å². The lowest BCUT2D eigenvalue weighted by molar-refractivity contribution is 0.320. The average Bonchev–Trinajstić information content (AvgIpc) is 2.56. The second-order valence-electron chi connectivity index (χ2n) is 4.95. The number of nitrogens with zero attached hydrogens (tertiary/aromatic N) is 1. The first kappa shape index (κ1) is 19.3. The van der Waals surface area contributed by atoms with E-state index in [0.717, 1.165) is 23.8 Å². The molecule has 0 bridgehead atoms. The van der Waals surface area contributed by atoms with Crippen LogP contribution in [0.1, 0.15) is 11.1 Å². The number of hydrogen-bond donors (Lipinski definition) is 2. The predicted molar refractivity (Wildman–Crippen MR) is 107 cm³/mol. The van der Waals surface area contributed by atoms with Gasteiger partial charge in [0.2, 0.25) is 0 Å². The molecular formula is C18H24IN3O. The number of hydrogen-bond acceptors (Lipinski definition) is 2. The van der Waals surface area contributed by atoms with Gasteiger partial charge in [0.05, 0.1) is 6.54 Å². The Bertz CT molecular complexity index is 602. The molecule has 124 valence electrons. The largest absolute Gasteiger partial charge is 0.491 e. The number of nitrogens with one attached hydrogen (secondary N) is 2. The number of ether oxygens (including phenoxy) is 1. The highest BCUT2D eigenvalue weighted by molar-refractivity contribution is 14.0. The summed E-state index contributed by atoms with van der Waals surface area (Å²) in [7, 11) is 1.77. The smallest absolute Gasteiger partial charge is 0.191 e. The minimum absolute atomic E-state index is 0. The van der Waals surface area contributed by atoms with E-state index in [0.29, 0.717) is 13.2 Å². The van der Waals surface area contributed by atoms with Gasteiger partial charge in [-0.25, -0.2) is 0 Å². The van der Waals surface area contributed by atoms with E-state index < -0.39 is 0 Å². The standard InChI is InChI=1S/C18H23N3O.HI/c1-15-8-6-7-11-17(15)22-13-12-20-18(19-2)21-14-16-9-4-3-5-10-16;/h3-11H,12-14H2,1-2H3,(H2,19,20,21);1H. The molecule has 23 heavy (non-hydrogen) atoms. The molecule has 0 aliphatic heterocycles. The average molecular weight is 425 g/mol. The van der Waals surface area contributed by atoms with E-state index >= 15 is 0 Å². The summed E-state index contributed by atoms with van der Waals surface area (Å²) in [4.78, 5) is 4.20. The van der Waals surface area contributed by atoms with E-state index in [1.54, 1.807) is 7.05 Å². The highest BCUT2D eigenvalue weighted by Crippen LogP contribution is 2.15. The Kier molecular flexibility index (Phi) is 9.12. The molecular weight excluding hydrogens is 401 g/mol. The second kappa shape index (κ2) is 10.9. The lowest BCUT2D eigenvalue weighted by Crippen LogP contribution is -2.38. The molecule has 0 amide bonds. The van der Waals surface area contributed by atoms with Gasteiger partial charge in [-0.2, -0.15) is 0 Å². The van der Waals surface area contributed by atoms with Crippen molar-refractivity contribution < 1.29 is 4.74 Å². The number of benzene rings is 2. The minimum atomic E-state index is 0. The maximum Gasteiger partial charge on any atom is 0.191 e. The molecule has 5 heteroatoms. The fourth-order valence-electron chi connectivity index (χ4n) is 2.05. The van der Waals surface area contributed by atoms with Crippen LogP contribution < -0.4 is 15.4 Å². The molecule has 0 heterocycles. The van der Waals surface area contributed by atoms with Crippen molar-refractivity contribution in [3.8, 4) is 5.75 Å². The molecule has 0 saturated heterocycles. The van der Waals surface area contributed by atoms with Crippen molar-refractivity contribution in [2.24, 2.45) is 4.99 Å². The van der Waals surface area contributed by atoms with Gasteiger partial charge in [0.15, 0.2) is 5.96 Å². The summed E-state index contributed by atoms with van der Waals surface area (Å²) < 4.78 is 5.75. The van der Waals surface area contributed by atoms with Crippen LogP contribution >= 0.6 is 24.0 Å². The van der Waals surface area contributed by atoms with Gasteiger partial charge in [0, 0.05) is 13.6 Å². The van der Waals surface area contributed by atoms with E-state index in [4.69, 9.17) is 4.74 Å². The Balaban J connectivity index is 0.00000264. The molecule has 0 aliphatic carbocycles. The molecule has 0 aromatic heterocycles. The van der Waals surface area contributed by atoms with Crippen LogP contribution in [-0.2, 0) is 6.54 Å². The van der Waals surface area contributed by atoms with Crippen molar-refractivity contribution in [2.75, 3.05) is 20.2 Å². The van der Waals surface area contributed by atoms with Gasteiger partial charge in [-0.05, 0) is 24.1 Å². The maximum atomic E-state index is 5.75. The Hall–Kier alpha value is -1.76. The normalized spacial score (nSPS) is 10.6. The topological polar surface area (TPSA) is 45.7 Å². The predicted octanol–water partition coefficient (Wildman–Crippen LogP) is 3.36. The van der Waals surface area contributed by atoms with Crippen LogP contribution in [0.5, 0.6) is 5.75 Å². The SMILES string of the molecule is CN=C(NCCOc1ccccc1C)NCc1ccccc1.I. The molecule has 0 radical (unpaired) electrons. The first-order chi connectivity index (χ1) is 10.8. The fraction of sp³-hybridized carbons (Fsp3) is 0.278. The van der Waals surface area contributed by atoms with Crippen LogP contribution in [0.2, 0.25) is 0 Å². The van der Waals surface area contributed by atoms with E-state index in [1.807, 2.05) is 49.4 Å². The van der Waals surface area contributed by atoms with Gasteiger partial charge < -0.3 is 15.4 Å². The van der Waals surface area contributed by atoms with Crippen molar-refractivity contribution in [3.63, 3.8) is 0 Å². The summed E-state index contributed by atoms with van der Waals surface area (Å²) in [6, 6.07) is 18.3. The van der Waals surface area contributed by atoms with Crippen molar-refractivity contribution in [2.45, 2.75) is 13.5 Å². The van der Waals surface area contributed by atoms with Gasteiger partial charge in [-0.3, -0.25) is 4.99 Å². The second-order valence-corrected chi connectivity index (χ2v) is 4.95. The Morgan fingerprint density at radius 3 is 2.39 bits per heavy atom. The minimum Gasteiger partial charge on any atom is -0.491 e. The van der Waals surface area contributed by atoms with Crippen molar-refractivity contribution in [1.29, 1.82) is 0 Å². The summed E-state index contributed by atoms with van der Waals surface area (Å²) in [6.07, 6.45) is 0. The third-order valence-electron chi connectivity index (χ3n) is 3.27. The molecule has 2 aromatic rings. The Morgan fingerprint density at radius 2 is 1.70 bits per heavy atom. The lowest BCUT2D eigenvalue weighted by Gasteiger charge is -2.13. The maximum absolute atomic E-state index is 5.75. The third-order valence-corrected chi connectivity index (χ3v) is 3.27. The highest BCUT2D eigenvalue weighted by atomic mass is 127. The number of para-hydroxylation sites is 1. The van der Waals surface area contributed by atoms with E-state index in [1.165, 1.54) is 5.56 Å². The molecule has 0 spiro atoms. The van der Waals surface area contributed by atoms with E-state index in [9.17, 15) is 0 Å². The zero-order valence-electron chi connectivity index (χ0n) is 13.6. The summed E-state index contributed by atoms with van der Waals surface area (Å²) in [5.41, 5.74) is 2.37. The van der Waals surface area contributed by atoms with Crippen LogP contribution in [0, 0.1) is 6.92 Å². The number of halogens is 1. The number of rotatable bonds is 6. The molecule has 0 fully saturated rings. The zero-order valence-corrected chi connectivity index (χ0v) is 15.9. The van der Waals surface area contributed by atoms with Gasteiger partial charge >= 0.3 is 0 Å². The lowest BCUT2D eigenvalue weighted by atomic mass is 10.2. The molecule has 0 unspecified atom stereocenters. The van der Waals surface area contributed by atoms with Gasteiger partial charge in [0.25, 0.3) is 0 Å². The molecule has 0 atom stereocenters. The molecule has 4 nitrogen and oxygen atoms in total. The zero-order chi connectivity index (χ0) is 15.6. The van der Waals surface area contributed by atoms with Crippen molar-refractivity contribution in [1.82, 2.24) is 10.6 Å². The first-order valence-electron chi connectivity index (χ1n) is 7.46. The monoisotopic (exact) mass is 425 g/mol. The van der Waals surface area contributed by atoms with Gasteiger partial charge in [-0.1, -0.05) is 48.5 Å². The van der Waals surface area contributed by atoms with Crippen molar-refractivity contribution >= 4 is 29.9 Å². The number of aryl methyl sites for hydroxylation is 1. The third kappa shape index (κ3) is 6.90. The summed E-state index contributed by atoms with van der Waals surface area (Å²) in [5.74, 6) is 1.70. The molecule has 0 aliphatic rings.